The van der Waals surface area contributed by atoms with Crippen molar-refractivity contribution in [2.75, 3.05) is 26.8 Å². The van der Waals surface area contributed by atoms with Crippen molar-refractivity contribution >= 4 is 5.91 Å². The second-order valence-electron chi connectivity index (χ2n) is 4.67. The number of methoxy groups -OCH3 is 1. The first kappa shape index (κ1) is 14.4. The Labute approximate surface area is 92.8 Å². The van der Waals surface area contributed by atoms with E-state index in [0.717, 1.165) is 25.9 Å². The lowest BCUT2D eigenvalue weighted by Crippen LogP contribution is -2.36. The molecule has 2 N–H and O–H groups in total. The molecule has 0 aliphatic rings. The maximum Gasteiger partial charge on any atom is 0.245 e. The zero-order chi connectivity index (χ0) is 11.7. The molecular formula is C11H24N2O2. The fraction of sp³-hybridized carbons (Fsp3) is 0.909. The molecule has 0 heterocycles. The predicted octanol–water partition coefficient (Wildman–Crippen LogP) is 0.917. The smallest absolute Gasteiger partial charge is 0.245 e. The summed E-state index contributed by atoms with van der Waals surface area (Å²) >= 11 is 0. The Hall–Kier alpha value is -0.610. The normalized spacial score (nSPS) is 11.5. The first-order valence-corrected chi connectivity index (χ1v) is 5.46. The molecule has 1 amide bonds. The third-order valence-electron chi connectivity index (χ3n) is 1.86. The van der Waals surface area contributed by atoms with Gasteiger partial charge in [0.05, 0.1) is 0 Å². The van der Waals surface area contributed by atoms with Crippen molar-refractivity contribution in [3.05, 3.63) is 0 Å². The standard InChI is InChI=1S/C11H24N2O2/c1-11(2,3)13-8-6-5-7-12-10(14)9-15-4/h13H,5-9H2,1-4H3,(H,12,14). The zero-order valence-corrected chi connectivity index (χ0v) is 10.4. The maximum absolute atomic E-state index is 11.0. The summed E-state index contributed by atoms with van der Waals surface area (Å²) in [6.45, 7) is 8.31. The van der Waals surface area contributed by atoms with Crippen molar-refractivity contribution in [2.24, 2.45) is 0 Å². The van der Waals surface area contributed by atoms with E-state index in [9.17, 15) is 4.79 Å². The summed E-state index contributed by atoms with van der Waals surface area (Å²) in [5.41, 5.74) is 0.180. The van der Waals surface area contributed by atoms with Crippen LogP contribution in [0.15, 0.2) is 0 Å². The number of hydrogen-bond acceptors (Lipinski definition) is 3. The molecule has 0 aromatic heterocycles. The van der Waals surface area contributed by atoms with E-state index >= 15 is 0 Å². The van der Waals surface area contributed by atoms with Gasteiger partial charge >= 0.3 is 0 Å². The Balaban J connectivity index is 3.22. The summed E-state index contributed by atoms with van der Waals surface area (Å²) in [5, 5.41) is 6.19. The van der Waals surface area contributed by atoms with Crippen molar-refractivity contribution in [3.8, 4) is 0 Å². The highest BCUT2D eigenvalue weighted by atomic mass is 16.5. The van der Waals surface area contributed by atoms with Crippen LogP contribution < -0.4 is 10.6 Å². The van der Waals surface area contributed by atoms with Gasteiger partial charge in [-0.2, -0.15) is 0 Å². The number of nitrogens with one attached hydrogen (secondary N) is 2. The highest BCUT2D eigenvalue weighted by Gasteiger charge is 2.06. The maximum atomic E-state index is 11.0. The van der Waals surface area contributed by atoms with Gasteiger partial charge in [0.25, 0.3) is 0 Å². The van der Waals surface area contributed by atoms with Gasteiger partial charge < -0.3 is 15.4 Å². The number of hydrogen-bond donors (Lipinski definition) is 2. The van der Waals surface area contributed by atoms with Crippen LogP contribution in [0, 0.1) is 0 Å². The number of unbranched alkanes of at least 4 members (excludes halogenated alkanes) is 1. The summed E-state index contributed by atoms with van der Waals surface area (Å²) in [6.07, 6.45) is 2.07. The van der Waals surface area contributed by atoms with Crippen LogP contribution in [0.2, 0.25) is 0 Å². The molecule has 15 heavy (non-hydrogen) atoms. The second-order valence-corrected chi connectivity index (χ2v) is 4.67. The minimum atomic E-state index is -0.0405. The fourth-order valence-corrected chi connectivity index (χ4v) is 1.12. The summed E-state index contributed by atoms with van der Waals surface area (Å²) in [5.74, 6) is -0.0405. The first-order valence-electron chi connectivity index (χ1n) is 5.46. The molecule has 4 heteroatoms. The third kappa shape index (κ3) is 11.3. The Bertz CT molecular complexity index is 176. The van der Waals surface area contributed by atoms with Gasteiger partial charge in [0.2, 0.25) is 5.91 Å². The molecule has 0 saturated heterocycles. The minimum Gasteiger partial charge on any atom is -0.375 e. The van der Waals surface area contributed by atoms with Crippen LogP contribution in [-0.2, 0) is 9.53 Å². The van der Waals surface area contributed by atoms with Gasteiger partial charge in [-0.05, 0) is 40.2 Å². The topological polar surface area (TPSA) is 50.4 Å². The van der Waals surface area contributed by atoms with Gasteiger partial charge in [-0.15, -0.1) is 0 Å². The van der Waals surface area contributed by atoms with Crippen molar-refractivity contribution in [1.82, 2.24) is 10.6 Å². The lowest BCUT2D eigenvalue weighted by Gasteiger charge is -2.20. The van der Waals surface area contributed by atoms with Gasteiger partial charge in [0.1, 0.15) is 6.61 Å². The van der Waals surface area contributed by atoms with Crippen molar-refractivity contribution in [3.63, 3.8) is 0 Å². The van der Waals surface area contributed by atoms with E-state index in [1.165, 1.54) is 7.11 Å². The van der Waals surface area contributed by atoms with Crippen LogP contribution in [0.5, 0.6) is 0 Å². The molecule has 0 spiro atoms. The molecular weight excluding hydrogens is 192 g/mol. The van der Waals surface area contributed by atoms with E-state index in [-0.39, 0.29) is 18.1 Å². The number of amides is 1. The molecule has 0 saturated carbocycles. The summed E-state index contributed by atoms with van der Waals surface area (Å²) < 4.78 is 4.70. The van der Waals surface area contributed by atoms with Gasteiger partial charge in [0, 0.05) is 19.2 Å². The molecule has 0 atom stereocenters. The lowest BCUT2D eigenvalue weighted by atomic mass is 10.1. The summed E-state index contributed by atoms with van der Waals surface area (Å²) in [7, 11) is 1.52. The molecule has 0 aromatic rings. The SMILES string of the molecule is COCC(=O)NCCCCNC(C)(C)C. The highest BCUT2D eigenvalue weighted by molar-refractivity contribution is 5.77. The van der Waals surface area contributed by atoms with Crippen LogP contribution in [-0.4, -0.2) is 38.3 Å². The quantitative estimate of drug-likeness (QED) is 0.622. The van der Waals surface area contributed by atoms with Crippen LogP contribution in [0.1, 0.15) is 33.6 Å². The third-order valence-corrected chi connectivity index (χ3v) is 1.86. The largest absolute Gasteiger partial charge is 0.375 e. The van der Waals surface area contributed by atoms with Crippen molar-refractivity contribution in [2.45, 2.75) is 39.2 Å². The monoisotopic (exact) mass is 216 g/mol. The Kier molecular flexibility index (Phi) is 7.34. The van der Waals surface area contributed by atoms with Crippen molar-refractivity contribution in [1.29, 1.82) is 0 Å². The summed E-state index contributed by atoms with van der Waals surface area (Å²) in [4.78, 5) is 11.0. The van der Waals surface area contributed by atoms with Gasteiger partial charge in [-0.3, -0.25) is 4.79 Å². The molecule has 0 radical (unpaired) electrons. The van der Waals surface area contributed by atoms with E-state index in [1.54, 1.807) is 0 Å². The molecule has 0 rings (SSSR count). The van der Waals surface area contributed by atoms with E-state index in [4.69, 9.17) is 4.74 Å². The molecule has 0 aliphatic heterocycles. The zero-order valence-electron chi connectivity index (χ0n) is 10.4. The minimum absolute atomic E-state index is 0.0405. The first-order chi connectivity index (χ1) is 6.95. The van der Waals surface area contributed by atoms with Crippen LogP contribution in [0.4, 0.5) is 0 Å². The highest BCUT2D eigenvalue weighted by Crippen LogP contribution is 1.98. The predicted molar refractivity (Wildman–Crippen MR) is 61.9 cm³/mol. The van der Waals surface area contributed by atoms with E-state index in [2.05, 4.69) is 31.4 Å². The molecule has 90 valence electrons. The van der Waals surface area contributed by atoms with Gasteiger partial charge in [0.15, 0.2) is 0 Å². The van der Waals surface area contributed by atoms with E-state index in [0.29, 0.717) is 0 Å². The van der Waals surface area contributed by atoms with Gasteiger partial charge in [-0.1, -0.05) is 0 Å². The number of rotatable bonds is 7. The van der Waals surface area contributed by atoms with Crippen molar-refractivity contribution < 1.29 is 9.53 Å². The lowest BCUT2D eigenvalue weighted by molar-refractivity contribution is -0.124. The number of carbonyl (C=O) groups is 1. The summed E-state index contributed by atoms with van der Waals surface area (Å²) in [6, 6.07) is 0. The van der Waals surface area contributed by atoms with Crippen LogP contribution in [0.25, 0.3) is 0 Å². The molecule has 0 unspecified atom stereocenters. The fourth-order valence-electron chi connectivity index (χ4n) is 1.12. The number of ether oxygens (including phenoxy) is 1. The van der Waals surface area contributed by atoms with Crippen LogP contribution >= 0.6 is 0 Å². The molecule has 0 aliphatic carbocycles. The average Bonchev–Trinajstić information content (AvgIpc) is 2.09. The Morgan fingerprint density at radius 2 is 1.80 bits per heavy atom. The molecule has 0 aromatic carbocycles. The van der Waals surface area contributed by atoms with E-state index < -0.39 is 0 Å². The molecule has 0 bridgehead atoms. The number of carbonyl (C=O) groups excluding carboxylic acids is 1. The van der Waals surface area contributed by atoms with Crippen LogP contribution in [0.3, 0.4) is 0 Å². The van der Waals surface area contributed by atoms with Gasteiger partial charge in [-0.25, -0.2) is 0 Å². The molecule has 4 nitrogen and oxygen atoms in total. The van der Waals surface area contributed by atoms with E-state index in [1.807, 2.05) is 0 Å². The molecule has 0 fully saturated rings. The Morgan fingerprint density at radius 1 is 1.20 bits per heavy atom. The average molecular weight is 216 g/mol. The Morgan fingerprint density at radius 3 is 2.33 bits per heavy atom. The second kappa shape index (κ2) is 7.65.